The number of ether oxygens (including phenoxy) is 2. The molecule has 0 aliphatic heterocycles. The number of benzene rings is 1. The van der Waals surface area contributed by atoms with E-state index in [1.807, 2.05) is 0 Å². The molecule has 1 amide bonds. The molecule has 110 valence electrons. The second-order valence-corrected chi connectivity index (χ2v) is 5.10. The van der Waals surface area contributed by atoms with Crippen molar-refractivity contribution in [3.63, 3.8) is 0 Å². The first-order chi connectivity index (χ1) is 9.63. The third kappa shape index (κ3) is 3.42. The predicted molar refractivity (Wildman–Crippen MR) is 77.9 cm³/mol. The highest BCUT2D eigenvalue weighted by molar-refractivity contribution is 5.95. The molecule has 0 aromatic heterocycles. The number of amides is 1. The molecule has 5 nitrogen and oxygen atoms in total. The number of methoxy groups -OCH3 is 1. The molecule has 0 radical (unpaired) electrons. The molecule has 20 heavy (non-hydrogen) atoms. The molecule has 5 heteroatoms. The Hall–Kier alpha value is -1.75. The molecular weight excluding hydrogens is 256 g/mol. The molecule has 0 heterocycles. The van der Waals surface area contributed by atoms with Gasteiger partial charge >= 0.3 is 0 Å². The Labute approximate surface area is 119 Å². The van der Waals surface area contributed by atoms with Gasteiger partial charge in [0.2, 0.25) is 0 Å². The summed E-state index contributed by atoms with van der Waals surface area (Å²) in [6, 6.07) is 5.10. The fraction of sp³-hybridized carbons (Fsp3) is 0.533. The second-order valence-electron chi connectivity index (χ2n) is 5.10. The van der Waals surface area contributed by atoms with Gasteiger partial charge in [-0.25, -0.2) is 0 Å². The van der Waals surface area contributed by atoms with Crippen molar-refractivity contribution in [3.05, 3.63) is 23.8 Å². The van der Waals surface area contributed by atoms with Crippen LogP contribution in [-0.2, 0) is 4.74 Å². The summed E-state index contributed by atoms with van der Waals surface area (Å²) in [4.78, 5) is 11.6. The smallest absolute Gasteiger partial charge is 0.251 e. The number of rotatable bonds is 4. The average Bonchev–Trinajstić information content (AvgIpc) is 2.49. The van der Waals surface area contributed by atoms with Crippen LogP contribution in [0.1, 0.15) is 36.0 Å². The first kappa shape index (κ1) is 14.7. The van der Waals surface area contributed by atoms with Gasteiger partial charge in [-0.05, 0) is 37.5 Å². The van der Waals surface area contributed by atoms with Gasteiger partial charge in [-0.1, -0.05) is 0 Å². The monoisotopic (exact) mass is 278 g/mol. The Balaban J connectivity index is 2.10. The Morgan fingerprint density at radius 1 is 1.35 bits per heavy atom. The van der Waals surface area contributed by atoms with E-state index in [9.17, 15) is 4.79 Å². The Morgan fingerprint density at radius 3 is 2.80 bits per heavy atom. The van der Waals surface area contributed by atoms with E-state index in [4.69, 9.17) is 15.2 Å². The highest BCUT2D eigenvalue weighted by Crippen LogP contribution is 2.29. The molecule has 0 spiro atoms. The van der Waals surface area contributed by atoms with E-state index in [1.54, 1.807) is 32.4 Å². The zero-order chi connectivity index (χ0) is 14.5. The average molecular weight is 278 g/mol. The molecule has 1 aliphatic rings. The number of carbonyl (C=O) groups excluding carboxylic acids is 1. The molecule has 1 saturated carbocycles. The van der Waals surface area contributed by atoms with E-state index in [0.717, 1.165) is 25.7 Å². The van der Waals surface area contributed by atoms with Crippen LogP contribution in [0.25, 0.3) is 0 Å². The minimum Gasteiger partial charge on any atom is -0.488 e. The van der Waals surface area contributed by atoms with Gasteiger partial charge in [0.15, 0.2) is 0 Å². The molecule has 1 fully saturated rings. The summed E-state index contributed by atoms with van der Waals surface area (Å²) < 4.78 is 11.4. The van der Waals surface area contributed by atoms with Crippen LogP contribution < -0.4 is 15.8 Å². The molecule has 2 rings (SSSR count). The number of hydrogen-bond acceptors (Lipinski definition) is 4. The van der Waals surface area contributed by atoms with E-state index in [1.165, 1.54) is 0 Å². The van der Waals surface area contributed by atoms with E-state index < -0.39 is 0 Å². The lowest BCUT2D eigenvalue weighted by Gasteiger charge is -2.29. The largest absolute Gasteiger partial charge is 0.488 e. The van der Waals surface area contributed by atoms with Crippen LogP contribution in [0.15, 0.2) is 18.2 Å². The Morgan fingerprint density at radius 2 is 2.10 bits per heavy atom. The summed E-state index contributed by atoms with van der Waals surface area (Å²) in [5.74, 6) is 0.432. The van der Waals surface area contributed by atoms with Crippen molar-refractivity contribution in [2.75, 3.05) is 19.9 Å². The standard InChI is InChI=1S/C15H22N2O3/c1-17-15(18)10-6-7-13(16)14(8-10)20-12-5-3-4-11(9-12)19-2/h6-8,11-12H,3-5,9,16H2,1-2H3,(H,17,18). The summed E-state index contributed by atoms with van der Waals surface area (Å²) in [5.41, 5.74) is 7.03. The van der Waals surface area contributed by atoms with Crippen molar-refractivity contribution in [1.82, 2.24) is 5.32 Å². The summed E-state index contributed by atoms with van der Waals surface area (Å²) in [7, 11) is 3.33. The molecule has 0 bridgehead atoms. The summed E-state index contributed by atoms with van der Waals surface area (Å²) in [6.45, 7) is 0. The van der Waals surface area contributed by atoms with E-state index in [2.05, 4.69) is 5.32 Å². The van der Waals surface area contributed by atoms with Crippen LogP contribution >= 0.6 is 0 Å². The van der Waals surface area contributed by atoms with Gasteiger partial charge in [0, 0.05) is 26.1 Å². The topological polar surface area (TPSA) is 73.6 Å². The Kier molecular flexibility index (Phi) is 4.84. The molecular formula is C15H22N2O3. The quantitative estimate of drug-likeness (QED) is 0.826. The van der Waals surface area contributed by atoms with Crippen molar-refractivity contribution >= 4 is 11.6 Å². The van der Waals surface area contributed by atoms with Gasteiger partial charge in [-0.3, -0.25) is 4.79 Å². The molecule has 0 saturated heterocycles. The zero-order valence-corrected chi connectivity index (χ0v) is 12.0. The maximum absolute atomic E-state index is 11.6. The maximum atomic E-state index is 11.6. The summed E-state index contributed by atoms with van der Waals surface area (Å²) >= 11 is 0. The summed E-state index contributed by atoms with van der Waals surface area (Å²) in [5, 5.41) is 2.59. The van der Waals surface area contributed by atoms with Gasteiger partial charge in [0.1, 0.15) is 11.9 Å². The normalized spacial score (nSPS) is 22.3. The van der Waals surface area contributed by atoms with Gasteiger partial charge < -0.3 is 20.5 Å². The van der Waals surface area contributed by atoms with E-state index in [0.29, 0.717) is 17.0 Å². The lowest BCUT2D eigenvalue weighted by molar-refractivity contribution is 0.0211. The van der Waals surface area contributed by atoms with Crippen LogP contribution in [0, 0.1) is 0 Å². The van der Waals surface area contributed by atoms with Crippen molar-refractivity contribution < 1.29 is 14.3 Å². The van der Waals surface area contributed by atoms with Crippen LogP contribution in [0.5, 0.6) is 5.75 Å². The number of nitrogen functional groups attached to an aromatic ring is 1. The van der Waals surface area contributed by atoms with Crippen LogP contribution in [0.3, 0.4) is 0 Å². The highest BCUT2D eigenvalue weighted by atomic mass is 16.5. The first-order valence-electron chi connectivity index (χ1n) is 6.95. The maximum Gasteiger partial charge on any atom is 0.251 e. The second kappa shape index (κ2) is 6.61. The number of carbonyl (C=O) groups is 1. The Bertz CT molecular complexity index is 476. The van der Waals surface area contributed by atoms with E-state index >= 15 is 0 Å². The molecule has 2 atom stereocenters. The van der Waals surface area contributed by atoms with Crippen molar-refractivity contribution in [1.29, 1.82) is 0 Å². The van der Waals surface area contributed by atoms with Gasteiger partial charge in [-0.2, -0.15) is 0 Å². The lowest BCUT2D eigenvalue weighted by atomic mass is 9.95. The van der Waals surface area contributed by atoms with Gasteiger partial charge in [0.05, 0.1) is 11.8 Å². The fourth-order valence-electron chi connectivity index (χ4n) is 2.52. The summed E-state index contributed by atoms with van der Waals surface area (Å²) in [6.07, 6.45) is 4.35. The fourth-order valence-corrected chi connectivity index (χ4v) is 2.52. The van der Waals surface area contributed by atoms with Crippen LogP contribution in [-0.4, -0.2) is 32.3 Å². The molecule has 1 aromatic rings. The minimum atomic E-state index is -0.145. The minimum absolute atomic E-state index is 0.0935. The van der Waals surface area contributed by atoms with Crippen molar-refractivity contribution in [3.8, 4) is 5.75 Å². The van der Waals surface area contributed by atoms with E-state index in [-0.39, 0.29) is 18.1 Å². The number of nitrogens with two attached hydrogens (primary N) is 1. The number of anilines is 1. The van der Waals surface area contributed by atoms with Crippen LogP contribution in [0.4, 0.5) is 5.69 Å². The molecule has 3 N–H and O–H groups in total. The van der Waals surface area contributed by atoms with Crippen molar-refractivity contribution in [2.45, 2.75) is 37.9 Å². The highest BCUT2D eigenvalue weighted by Gasteiger charge is 2.23. The SMILES string of the molecule is CNC(=O)c1ccc(N)c(OC2CCCC(OC)C2)c1. The van der Waals surface area contributed by atoms with Gasteiger partial charge in [-0.15, -0.1) is 0 Å². The molecule has 2 unspecified atom stereocenters. The van der Waals surface area contributed by atoms with Gasteiger partial charge in [0.25, 0.3) is 5.91 Å². The zero-order valence-electron chi connectivity index (χ0n) is 12.0. The lowest BCUT2D eigenvalue weighted by Crippen LogP contribution is -2.29. The number of hydrogen-bond donors (Lipinski definition) is 2. The third-order valence-corrected chi connectivity index (χ3v) is 3.71. The number of nitrogens with one attached hydrogen (secondary N) is 1. The molecule has 1 aromatic carbocycles. The van der Waals surface area contributed by atoms with Crippen LogP contribution in [0.2, 0.25) is 0 Å². The third-order valence-electron chi connectivity index (χ3n) is 3.71. The molecule has 1 aliphatic carbocycles. The van der Waals surface area contributed by atoms with Crippen molar-refractivity contribution in [2.24, 2.45) is 0 Å². The predicted octanol–water partition coefficient (Wildman–Crippen LogP) is 1.96. The first-order valence-corrected chi connectivity index (χ1v) is 6.95.